The minimum absolute atomic E-state index is 0.0809. The molecule has 1 N–H and O–H groups in total. The zero-order valence-electron chi connectivity index (χ0n) is 19.6. The zero-order chi connectivity index (χ0) is 27.0. The molecule has 0 bridgehead atoms. The van der Waals surface area contributed by atoms with Gasteiger partial charge in [0.25, 0.3) is 0 Å². The van der Waals surface area contributed by atoms with Crippen LogP contribution in [0.15, 0.2) is 94.2 Å². The number of ether oxygens (including phenoxy) is 1. The predicted octanol–water partition coefficient (Wildman–Crippen LogP) is 6.55. The molecule has 0 amide bonds. The molecule has 0 aliphatic heterocycles. The zero-order valence-corrected chi connectivity index (χ0v) is 19.6. The van der Waals surface area contributed by atoms with Crippen molar-refractivity contribution in [3.63, 3.8) is 0 Å². The average Bonchev–Trinajstić information content (AvgIpc) is 3.29. The van der Waals surface area contributed by atoms with E-state index in [4.69, 9.17) is 9.26 Å². The van der Waals surface area contributed by atoms with Crippen molar-refractivity contribution in [3.8, 4) is 44.9 Å². The summed E-state index contributed by atoms with van der Waals surface area (Å²) < 4.78 is 78.3. The highest BCUT2D eigenvalue weighted by Crippen LogP contribution is 2.36. The second-order valence-corrected chi connectivity index (χ2v) is 8.33. The fourth-order valence-electron chi connectivity index (χ4n) is 4.12. The number of H-pyrrole nitrogens is 1. The second kappa shape index (κ2) is 9.62. The van der Waals surface area contributed by atoms with E-state index in [0.717, 1.165) is 16.9 Å². The van der Waals surface area contributed by atoms with Crippen molar-refractivity contribution < 1.29 is 35.9 Å². The highest BCUT2D eigenvalue weighted by Gasteiger charge is 2.38. The lowest BCUT2D eigenvalue weighted by Crippen LogP contribution is -2.36. The number of alkyl halides is 3. The maximum atomic E-state index is 14.0. The standard InChI is InChI=1S/C28H17F5N2O3/c1-37-22-12-8-17(9-13-22)16-6-10-21(11-7-16)35-26(27(36)38-34-35)19-4-2-18(3-5-19)20-14-23(29)25(24(30)15-20)28(31,32)33/h2-15H,1H3/p+1. The average molecular weight is 525 g/mol. The third kappa shape index (κ3) is 4.68. The number of benzene rings is 4. The molecule has 0 radical (unpaired) electrons. The van der Waals surface area contributed by atoms with Gasteiger partial charge in [-0.15, -0.1) is 0 Å². The first-order valence-corrected chi connectivity index (χ1v) is 11.2. The van der Waals surface area contributed by atoms with E-state index < -0.39 is 29.0 Å². The van der Waals surface area contributed by atoms with E-state index >= 15 is 0 Å². The van der Waals surface area contributed by atoms with Gasteiger partial charge in [0.15, 0.2) is 0 Å². The Balaban J connectivity index is 1.45. The number of hydrogen-bond acceptors (Lipinski definition) is 3. The summed E-state index contributed by atoms with van der Waals surface area (Å²) in [4.78, 5) is 12.5. The minimum Gasteiger partial charge on any atom is -0.497 e. The van der Waals surface area contributed by atoms with Crippen LogP contribution in [0.25, 0.3) is 39.2 Å². The Kier molecular flexibility index (Phi) is 6.31. The van der Waals surface area contributed by atoms with Gasteiger partial charge in [-0.2, -0.15) is 13.2 Å². The van der Waals surface area contributed by atoms with Crippen molar-refractivity contribution in [1.82, 2.24) is 5.27 Å². The molecule has 1 aromatic heterocycles. The van der Waals surface area contributed by atoms with Crippen LogP contribution < -0.4 is 15.0 Å². The maximum Gasteiger partial charge on any atom is 0.435 e. The topological polar surface area (TPSA) is 59.1 Å². The minimum atomic E-state index is -5.15. The summed E-state index contributed by atoms with van der Waals surface area (Å²) in [6.07, 6.45) is -5.15. The van der Waals surface area contributed by atoms with Crippen molar-refractivity contribution in [2.45, 2.75) is 6.18 Å². The Morgan fingerprint density at radius 2 is 1.21 bits per heavy atom. The summed E-state index contributed by atoms with van der Waals surface area (Å²) in [7, 11) is 1.59. The quantitative estimate of drug-likeness (QED) is 0.209. The van der Waals surface area contributed by atoms with Gasteiger partial charge in [0, 0.05) is 12.1 Å². The van der Waals surface area contributed by atoms with Crippen molar-refractivity contribution in [2.24, 2.45) is 0 Å². The van der Waals surface area contributed by atoms with Gasteiger partial charge in [0.2, 0.25) is 5.69 Å². The Morgan fingerprint density at radius 3 is 1.74 bits per heavy atom. The van der Waals surface area contributed by atoms with E-state index in [-0.39, 0.29) is 16.8 Å². The monoisotopic (exact) mass is 525 g/mol. The highest BCUT2D eigenvalue weighted by molar-refractivity contribution is 5.69. The first-order valence-electron chi connectivity index (χ1n) is 11.2. The van der Waals surface area contributed by atoms with Crippen LogP contribution in [0.4, 0.5) is 22.0 Å². The third-order valence-corrected chi connectivity index (χ3v) is 6.01. The van der Waals surface area contributed by atoms with Gasteiger partial charge in [0.1, 0.15) is 22.9 Å². The number of hydrogen-bond donors (Lipinski definition) is 1. The molecule has 0 aliphatic carbocycles. The van der Waals surface area contributed by atoms with Gasteiger partial charge in [-0.1, -0.05) is 24.3 Å². The summed E-state index contributed by atoms with van der Waals surface area (Å²) in [5, 5.41) is 2.55. The largest absolute Gasteiger partial charge is 0.497 e. The number of halogens is 5. The number of aromatic nitrogens is 2. The maximum absolute atomic E-state index is 14.0. The van der Waals surface area contributed by atoms with E-state index in [0.29, 0.717) is 23.4 Å². The van der Waals surface area contributed by atoms with Crippen molar-refractivity contribution in [1.29, 1.82) is 0 Å². The van der Waals surface area contributed by atoms with E-state index in [2.05, 4.69) is 5.27 Å². The van der Waals surface area contributed by atoms with Crippen LogP contribution in [0.3, 0.4) is 0 Å². The summed E-state index contributed by atoms with van der Waals surface area (Å²) >= 11 is 0. The molecule has 4 aromatic carbocycles. The lowest BCUT2D eigenvalue weighted by molar-refractivity contribution is -0.660. The fourth-order valence-corrected chi connectivity index (χ4v) is 4.12. The van der Waals surface area contributed by atoms with Crippen LogP contribution in [0.5, 0.6) is 5.75 Å². The van der Waals surface area contributed by atoms with E-state index in [1.54, 1.807) is 19.2 Å². The molecule has 0 unspecified atom stereocenters. The number of nitrogens with one attached hydrogen (secondary N) is 1. The summed E-state index contributed by atoms with van der Waals surface area (Å²) in [6.45, 7) is 0. The summed E-state index contributed by atoms with van der Waals surface area (Å²) in [5.41, 5.74) is 0.636. The van der Waals surface area contributed by atoms with Gasteiger partial charge >= 0.3 is 17.5 Å². The molecule has 38 heavy (non-hydrogen) atoms. The van der Waals surface area contributed by atoms with Crippen LogP contribution in [0.1, 0.15) is 5.56 Å². The van der Waals surface area contributed by atoms with Gasteiger partial charge in [-0.3, -0.25) is 4.52 Å². The Bertz CT molecular complexity index is 1630. The summed E-state index contributed by atoms with van der Waals surface area (Å²) in [6, 6.07) is 22.0. The van der Waals surface area contributed by atoms with Crippen molar-refractivity contribution in [3.05, 3.63) is 113 Å². The molecule has 0 saturated carbocycles. The first-order chi connectivity index (χ1) is 18.2. The molecule has 5 rings (SSSR count). The summed E-state index contributed by atoms with van der Waals surface area (Å²) in [5.74, 6) is -2.68. The molecular weight excluding hydrogens is 507 g/mol. The van der Waals surface area contributed by atoms with Gasteiger partial charge in [-0.25, -0.2) is 13.6 Å². The molecule has 0 aliphatic rings. The molecule has 0 spiro atoms. The Hall–Kier alpha value is -4.73. The van der Waals surface area contributed by atoms with E-state index in [1.807, 2.05) is 36.4 Å². The number of methoxy groups -OCH3 is 1. The Morgan fingerprint density at radius 1 is 0.737 bits per heavy atom. The van der Waals surface area contributed by atoms with Crippen LogP contribution in [-0.2, 0) is 6.18 Å². The highest BCUT2D eigenvalue weighted by atomic mass is 19.4. The first kappa shape index (κ1) is 24.9. The van der Waals surface area contributed by atoms with E-state index in [9.17, 15) is 26.7 Å². The molecule has 0 saturated heterocycles. The molecule has 192 valence electrons. The molecule has 10 heteroatoms. The number of rotatable bonds is 5. The molecule has 1 heterocycles. The molecule has 0 fully saturated rings. The van der Waals surface area contributed by atoms with E-state index in [1.165, 1.54) is 28.9 Å². The predicted molar refractivity (Wildman–Crippen MR) is 129 cm³/mol. The van der Waals surface area contributed by atoms with Gasteiger partial charge < -0.3 is 4.74 Å². The van der Waals surface area contributed by atoms with Crippen molar-refractivity contribution in [2.75, 3.05) is 7.11 Å². The smallest absolute Gasteiger partial charge is 0.435 e. The second-order valence-electron chi connectivity index (χ2n) is 8.33. The number of nitrogens with zero attached hydrogens (tertiary/aromatic N) is 1. The lowest BCUT2D eigenvalue weighted by atomic mass is 10.0. The van der Waals surface area contributed by atoms with Crippen molar-refractivity contribution >= 4 is 0 Å². The number of aromatic amines is 1. The molecular formula is C28H18F5N2O3+. The van der Waals surface area contributed by atoms with Crippen LogP contribution in [-0.4, -0.2) is 12.4 Å². The normalized spacial score (nSPS) is 11.5. The Labute approximate surface area is 212 Å². The lowest BCUT2D eigenvalue weighted by Gasteiger charge is -2.11. The van der Waals surface area contributed by atoms with Gasteiger partial charge in [0.05, 0.1) is 12.7 Å². The van der Waals surface area contributed by atoms with Crippen LogP contribution in [0.2, 0.25) is 0 Å². The molecule has 5 aromatic rings. The molecule has 5 nitrogen and oxygen atoms in total. The SMILES string of the molecule is COc1ccc(-c2ccc(-[n+]3[nH]oc(=O)c3-c3ccc(-c4cc(F)c(C(F)(F)F)c(F)c4)cc3)cc2)cc1. The van der Waals surface area contributed by atoms with Crippen LogP contribution in [0, 0.1) is 11.6 Å². The van der Waals surface area contributed by atoms with Crippen LogP contribution >= 0.6 is 0 Å². The fraction of sp³-hybridized carbons (Fsp3) is 0.0714. The molecule has 0 atom stereocenters. The van der Waals surface area contributed by atoms with Gasteiger partial charge in [-0.05, 0) is 80.7 Å². The third-order valence-electron chi connectivity index (χ3n) is 6.01.